The van der Waals surface area contributed by atoms with Crippen LogP contribution in [0, 0.1) is 17.8 Å². The number of carbonyl (C=O) groups excluding carboxylic acids is 1. The number of anilines is 1. The zero-order valence-electron chi connectivity index (χ0n) is 21.2. The Hall–Kier alpha value is -3.01. The third-order valence-corrected chi connectivity index (χ3v) is 8.08. The highest BCUT2D eigenvalue weighted by molar-refractivity contribution is 5.91. The number of carbonyl (C=O) groups is 1. The number of nitrogens with zero attached hydrogens (tertiary/aromatic N) is 2. The van der Waals surface area contributed by atoms with Crippen molar-refractivity contribution >= 4 is 11.7 Å². The molecule has 0 aromatic heterocycles. The van der Waals surface area contributed by atoms with Crippen LogP contribution in [0.5, 0.6) is 5.75 Å². The number of aliphatic hydroxyl groups excluding tert-OH is 1. The van der Waals surface area contributed by atoms with Crippen molar-refractivity contribution in [1.29, 1.82) is 0 Å². The summed E-state index contributed by atoms with van der Waals surface area (Å²) in [7, 11) is 1.61. The van der Waals surface area contributed by atoms with E-state index in [1.807, 2.05) is 29.2 Å². The van der Waals surface area contributed by atoms with Gasteiger partial charge in [0.2, 0.25) is 0 Å². The number of methoxy groups -OCH3 is 1. The summed E-state index contributed by atoms with van der Waals surface area (Å²) >= 11 is 0. The third kappa shape index (κ3) is 5.23. The second kappa shape index (κ2) is 11.4. The molecule has 2 saturated heterocycles. The topological polar surface area (TPSA) is 65.0 Å². The van der Waals surface area contributed by atoms with Crippen LogP contribution in [0.25, 0.3) is 0 Å². The van der Waals surface area contributed by atoms with Crippen molar-refractivity contribution in [3.8, 4) is 17.6 Å². The second-order valence-electron chi connectivity index (χ2n) is 10.2. The third-order valence-electron chi connectivity index (χ3n) is 8.08. The van der Waals surface area contributed by atoms with Gasteiger partial charge < -0.3 is 20.1 Å². The molecule has 2 heterocycles. The minimum absolute atomic E-state index is 0.0858. The Labute approximate surface area is 214 Å². The van der Waals surface area contributed by atoms with E-state index in [4.69, 9.17) is 4.74 Å². The van der Waals surface area contributed by atoms with Gasteiger partial charge in [0.15, 0.2) is 0 Å². The number of benzene rings is 2. The Morgan fingerprint density at radius 3 is 2.56 bits per heavy atom. The summed E-state index contributed by atoms with van der Waals surface area (Å²) in [4.78, 5) is 17.6. The molecule has 2 aromatic rings. The average Bonchev–Trinajstić information content (AvgIpc) is 3.41. The molecule has 3 fully saturated rings. The molecule has 2 N–H and O–H groups in total. The number of para-hydroxylation sites is 2. The molecule has 0 radical (unpaired) electrons. The molecule has 0 unspecified atom stereocenters. The molecule has 5 rings (SSSR count). The number of aliphatic hydroxyl groups is 1. The molecule has 1 aliphatic carbocycles. The van der Waals surface area contributed by atoms with E-state index in [1.165, 1.54) is 31.2 Å². The normalized spacial score (nSPS) is 24.5. The van der Waals surface area contributed by atoms with Crippen molar-refractivity contribution < 1.29 is 14.6 Å². The van der Waals surface area contributed by atoms with E-state index in [9.17, 15) is 9.90 Å². The van der Waals surface area contributed by atoms with E-state index >= 15 is 0 Å². The monoisotopic (exact) mass is 487 g/mol. The quantitative estimate of drug-likeness (QED) is 0.614. The van der Waals surface area contributed by atoms with Crippen molar-refractivity contribution in [2.24, 2.45) is 5.92 Å². The molecule has 3 atom stereocenters. The van der Waals surface area contributed by atoms with Gasteiger partial charge in [0, 0.05) is 42.6 Å². The van der Waals surface area contributed by atoms with E-state index in [2.05, 4.69) is 46.3 Å². The first-order chi connectivity index (χ1) is 17.7. The number of amides is 2. The maximum atomic E-state index is 13.3. The molecule has 3 aliphatic rings. The highest BCUT2D eigenvalue weighted by Gasteiger charge is 2.49. The van der Waals surface area contributed by atoms with Gasteiger partial charge in [-0.25, -0.2) is 4.79 Å². The lowest BCUT2D eigenvalue weighted by Crippen LogP contribution is -2.68. The molecule has 2 aromatic carbocycles. The molecule has 36 heavy (non-hydrogen) atoms. The number of urea groups is 1. The summed E-state index contributed by atoms with van der Waals surface area (Å²) in [6, 6.07) is 16.2. The second-order valence-corrected chi connectivity index (χ2v) is 10.2. The van der Waals surface area contributed by atoms with Crippen LogP contribution < -0.4 is 10.1 Å². The first kappa shape index (κ1) is 24.7. The number of rotatable bonds is 4. The van der Waals surface area contributed by atoms with Crippen LogP contribution >= 0.6 is 0 Å². The maximum Gasteiger partial charge on any atom is 0.322 e. The lowest BCUT2D eigenvalue weighted by molar-refractivity contribution is -0.0585. The van der Waals surface area contributed by atoms with Crippen molar-refractivity contribution in [2.45, 2.75) is 56.5 Å². The van der Waals surface area contributed by atoms with Gasteiger partial charge in [-0.15, -0.1) is 0 Å². The first-order valence-electron chi connectivity index (χ1n) is 13.3. The molecule has 2 amide bonds. The van der Waals surface area contributed by atoms with Gasteiger partial charge in [0.1, 0.15) is 5.75 Å². The Bertz CT molecular complexity index is 1100. The SMILES string of the molecule is COc1ccccc1NC(=O)N1CCCCN2[C@H](CO)[C@@H](c3ccc(C#CC4CCCC4)cc3)[C@H]2C1. The van der Waals surface area contributed by atoms with Gasteiger partial charge in [0.05, 0.1) is 19.4 Å². The lowest BCUT2D eigenvalue weighted by Gasteiger charge is -2.57. The fourth-order valence-corrected chi connectivity index (χ4v) is 6.11. The fraction of sp³-hybridized carbons (Fsp3) is 0.500. The van der Waals surface area contributed by atoms with Gasteiger partial charge >= 0.3 is 6.03 Å². The highest BCUT2D eigenvalue weighted by atomic mass is 16.5. The summed E-state index contributed by atoms with van der Waals surface area (Å²) in [5.41, 5.74) is 2.95. The van der Waals surface area contributed by atoms with E-state index in [-0.39, 0.29) is 30.6 Å². The predicted molar refractivity (Wildman–Crippen MR) is 142 cm³/mol. The van der Waals surface area contributed by atoms with Crippen molar-refractivity contribution in [3.63, 3.8) is 0 Å². The van der Waals surface area contributed by atoms with E-state index in [0.717, 1.165) is 31.5 Å². The minimum atomic E-state index is -0.106. The molecule has 0 bridgehead atoms. The summed E-state index contributed by atoms with van der Waals surface area (Å²) in [6.07, 6.45) is 7.00. The predicted octanol–water partition coefficient (Wildman–Crippen LogP) is 4.69. The van der Waals surface area contributed by atoms with Crippen LogP contribution in [-0.4, -0.2) is 66.4 Å². The van der Waals surface area contributed by atoms with Crippen LogP contribution in [0.4, 0.5) is 10.5 Å². The van der Waals surface area contributed by atoms with Gasteiger partial charge in [0.25, 0.3) is 0 Å². The Balaban J connectivity index is 1.31. The molecule has 0 spiro atoms. The first-order valence-corrected chi connectivity index (χ1v) is 13.3. The van der Waals surface area contributed by atoms with Gasteiger partial charge in [-0.3, -0.25) is 4.90 Å². The molecular formula is C30H37N3O3. The Kier molecular flexibility index (Phi) is 7.79. The number of ether oxygens (including phenoxy) is 1. The van der Waals surface area contributed by atoms with Crippen LogP contribution in [0.15, 0.2) is 48.5 Å². The molecule has 6 heteroatoms. The minimum Gasteiger partial charge on any atom is -0.495 e. The number of hydrogen-bond donors (Lipinski definition) is 2. The summed E-state index contributed by atoms with van der Waals surface area (Å²) in [6.45, 7) is 2.43. The molecule has 2 aliphatic heterocycles. The van der Waals surface area contributed by atoms with Crippen molar-refractivity contribution in [2.75, 3.05) is 38.7 Å². The fourth-order valence-electron chi connectivity index (χ4n) is 6.11. The number of fused-ring (bicyclic) bond motifs is 1. The van der Waals surface area contributed by atoms with Crippen LogP contribution in [0.1, 0.15) is 55.6 Å². The van der Waals surface area contributed by atoms with Crippen molar-refractivity contribution in [3.05, 3.63) is 59.7 Å². The van der Waals surface area contributed by atoms with Gasteiger partial charge in [-0.1, -0.05) is 48.9 Å². The summed E-state index contributed by atoms with van der Waals surface area (Å²) in [5, 5.41) is 13.3. The summed E-state index contributed by atoms with van der Waals surface area (Å²) < 4.78 is 5.41. The average molecular weight is 488 g/mol. The highest BCUT2D eigenvalue weighted by Crippen LogP contribution is 2.42. The molecular weight excluding hydrogens is 450 g/mol. The molecule has 190 valence electrons. The van der Waals surface area contributed by atoms with E-state index in [1.54, 1.807) is 7.11 Å². The Morgan fingerprint density at radius 2 is 1.81 bits per heavy atom. The lowest BCUT2D eigenvalue weighted by atomic mass is 9.74. The van der Waals surface area contributed by atoms with Crippen molar-refractivity contribution in [1.82, 2.24) is 9.80 Å². The van der Waals surface area contributed by atoms with E-state index < -0.39 is 0 Å². The molecule has 6 nitrogen and oxygen atoms in total. The Morgan fingerprint density at radius 1 is 1.06 bits per heavy atom. The van der Waals surface area contributed by atoms with Gasteiger partial charge in [-0.05, 0) is 62.1 Å². The van der Waals surface area contributed by atoms with Crippen LogP contribution in [0.2, 0.25) is 0 Å². The van der Waals surface area contributed by atoms with Crippen LogP contribution in [0.3, 0.4) is 0 Å². The maximum absolute atomic E-state index is 13.3. The largest absolute Gasteiger partial charge is 0.495 e. The zero-order valence-corrected chi connectivity index (χ0v) is 21.2. The smallest absolute Gasteiger partial charge is 0.322 e. The summed E-state index contributed by atoms with van der Waals surface area (Å²) in [5.74, 6) is 8.19. The molecule has 1 saturated carbocycles. The number of hydrogen-bond acceptors (Lipinski definition) is 4. The van der Waals surface area contributed by atoms with Crippen LogP contribution in [-0.2, 0) is 0 Å². The van der Waals surface area contributed by atoms with E-state index in [0.29, 0.717) is 23.9 Å². The standard InChI is InChI=1S/C30H37N3O3/c1-36-28-11-5-4-10-25(28)31-30(35)32-18-6-7-19-33-26(20-32)29(27(33)21-34)24-16-14-23(15-17-24)13-12-22-8-2-3-9-22/h4-5,10-11,14-17,22,26-27,29,34H,2-3,6-9,18-21H2,1H3,(H,31,35)/t26-,27-,29+/m1/s1. The zero-order chi connectivity index (χ0) is 24.9. The number of nitrogens with one attached hydrogen (secondary N) is 1. The van der Waals surface area contributed by atoms with Gasteiger partial charge in [-0.2, -0.15) is 0 Å².